The van der Waals surface area contributed by atoms with Crippen LogP contribution in [0.5, 0.6) is 0 Å². The van der Waals surface area contributed by atoms with Crippen LogP contribution in [-0.4, -0.2) is 15.0 Å². The lowest BCUT2D eigenvalue weighted by molar-refractivity contribution is 1.17. The van der Waals surface area contributed by atoms with Crippen LogP contribution in [0.15, 0.2) is 65.7 Å². The van der Waals surface area contributed by atoms with Gasteiger partial charge in [-0.3, -0.25) is 9.78 Å². The Morgan fingerprint density at radius 1 is 0.857 bits per heavy atom. The maximum atomic E-state index is 12.2. The molecule has 21 heavy (non-hydrogen) atoms. The molecule has 2 heterocycles. The molecule has 2 aromatic carbocycles. The standard InChI is InChI=1S/C17H11N3O/c21-17-13-7-3-4-8-15(13)19-16(20-17)14-10-18-9-11-5-1-2-6-12(11)14/h1-10H,(H,19,20,21). The van der Waals surface area contributed by atoms with Crippen molar-refractivity contribution in [2.24, 2.45) is 0 Å². The van der Waals surface area contributed by atoms with E-state index in [-0.39, 0.29) is 5.56 Å². The molecule has 0 aliphatic rings. The number of pyridine rings is 1. The highest BCUT2D eigenvalue weighted by molar-refractivity contribution is 5.94. The van der Waals surface area contributed by atoms with Gasteiger partial charge in [-0.05, 0) is 17.5 Å². The quantitative estimate of drug-likeness (QED) is 0.579. The van der Waals surface area contributed by atoms with Gasteiger partial charge in [0.05, 0.1) is 10.9 Å². The molecule has 0 saturated carbocycles. The summed E-state index contributed by atoms with van der Waals surface area (Å²) in [6.45, 7) is 0. The fourth-order valence-electron chi connectivity index (χ4n) is 2.52. The van der Waals surface area contributed by atoms with Gasteiger partial charge >= 0.3 is 0 Å². The van der Waals surface area contributed by atoms with Crippen molar-refractivity contribution in [1.82, 2.24) is 15.0 Å². The number of nitrogens with zero attached hydrogens (tertiary/aromatic N) is 2. The molecule has 4 heteroatoms. The number of nitrogens with one attached hydrogen (secondary N) is 1. The van der Waals surface area contributed by atoms with Crippen molar-refractivity contribution in [2.75, 3.05) is 0 Å². The van der Waals surface area contributed by atoms with Crippen LogP contribution in [0.1, 0.15) is 0 Å². The van der Waals surface area contributed by atoms with Gasteiger partial charge in [0.1, 0.15) is 5.82 Å². The number of H-pyrrole nitrogens is 1. The second-order valence-corrected chi connectivity index (χ2v) is 4.84. The highest BCUT2D eigenvalue weighted by Gasteiger charge is 2.09. The maximum Gasteiger partial charge on any atom is 0.259 e. The van der Waals surface area contributed by atoms with Gasteiger partial charge in [-0.1, -0.05) is 36.4 Å². The van der Waals surface area contributed by atoms with E-state index in [9.17, 15) is 4.79 Å². The lowest BCUT2D eigenvalue weighted by Crippen LogP contribution is -2.09. The normalized spacial score (nSPS) is 11.0. The van der Waals surface area contributed by atoms with Crippen molar-refractivity contribution in [3.63, 3.8) is 0 Å². The Kier molecular flexibility index (Phi) is 2.54. The zero-order valence-corrected chi connectivity index (χ0v) is 11.1. The van der Waals surface area contributed by atoms with Crippen molar-refractivity contribution >= 4 is 21.7 Å². The van der Waals surface area contributed by atoms with Crippen LogP contribution in [0.3, 0.4) is 0 Å². The third kappa shape index (κ3) is 1.89. The van der Waals surface area contributed by atoms with E-state index in [2.05, 4.69) is 15.0 Å². The van der Waals surface area contributed by atoms with Gasteiger partial charge in [0.15, 0.2) is 0 Å². The molecule has 0 aliphatic carbocycles. The summed E-state index contributed by atoms with van der Waals surface area (Å²) in [5.41, 5.74) is 1.38. The molecule has 2 aromatic heterocycles. The average Bonchev–Trinajstić information content (AvgIpc) is 2.54. The molecular weight excluding hydrogens is 262 g/mol. The lowest BCUT2D eigenvalue weighted by atomic mass is 10.1. The molecule has 0 spiro atoms. The smallest absolute Gasteiger partial charge is 0.259 e. The van der Waals surface area contributed by atoms with Crippen LogP contribution < -0.4 is 5.56 Å². The van der Waals surface area contributed by atoms with Crippen molar-refractivity contribution in [3.05, 3.63) is 71.3 Å². The molecule has 0 fully saturated rings. The predicted octanol–water partition coefficient (Wildman–Crippen LogP) is 3.14. The summed E-state index contributed by atoms with van der Waals surface area (Å²) in [5.74, 6) is 0.544. The summed E-state index contributed by atoms with van der Waals surface area (Å²) >= 11 is 0. The van der Waals surface area contributed by atoms with E-state index in [4.69, 9.17) is 0 Å². The molecule has 4 aromatic rings. The number of rotatable bonds is 1. The van der Waals surface area contributed by atoms with Crippen molar-refractivity contribution in [1.29, 1.82) is 0 Å². The molecule has 0 amide bonds. The SMILES string of the molecule is O=c1[nH]c(-c2cncc3ccccc23)nc2ccccc12. The highest BCUT2D eigenvalue weighted by atomic mass is 16.1. The summed E-state index contributed by atoms with van der Waals surface area (Å²) in [4.78, 5) is 23.8. The Hall–Kier alpha value is -3.01. The minimum Gasteiger partial charge on any atom is -0.306 e. The third-order valence-electron chi connectivity index (χ3n) is 3.54. The predicted molar refractivity (Wildman–Crippen MR) is 83.1 cm³/mol. The van der Waals surface area contributed by atoms with Crippen LogP contribution in [0.2, 0.25) is 0 Å². The molecule has 1 N–H and O–H groups in total. The second-order valence-electron chi connectivity index (χ2n) is 4.84. The van der Waals surface area contributed by atoms with Gasteiger partial charge in [-0.25, -0.2) is 4.98 Å². The van der Waals surface area contributed by atoms with E-state index in [1.807, 2.05) is 42.5 Å². The summed E-state index contributed by atoms with van der Waals surface area (Å²) in [7, 11) is 0. The van der Waals surface area contributed by atoms with Crippen molar-refractivity contribution in [3.8, 4) is 11.4 Å². The number of hydrogen-bond acceptors (Lipinski definition) is 3. The average molecular weight is 273 g/mol. The molecule has 0 unspecified atom stereocenters. The molecule has 0 radical (unpaired) electrons. The first-order valence-electron chi connectivity index (χ1n) is 6.65. The molecular formula is C17H11N3O. The molecule has 100 valence electrons. The number of hydrogen-bond donors (Lipinski definition) is 1. The number of fused-ring (bicyclic) bond motifs is 2. The zero-order valence-electron chi connectivity index (χ0n) is 11.1. The summed E-state index contributed by atoms with van der Waals surface area (Å²) in [5, 5.41) is 2.63. The first kappa shape index (κ1) is 11.8. The monoisotopic (exact) mass is 273 g/mol. The Morgan fingerprint density at radius 3 is 2.52 bits per heavy atom. The van der Waals surface area contributed by atoms with Gasteiger partial charge in [0.2, 0.25) is 0 Å². The molecule has 0 atom stereocenters. The topological polar surface area (TPSA) is 58.6 Å². The Balaban J connectivity index is 2.07. The molecule has 0 bridgehead atoms. The van der Waals surface area contributed by atoms with Crippen molar-refractivity contribution < 1.29 is 0 Å². The summed E-state index contributed by atoms with van der Waals surface area (Å²) in [6, 6.07) is 15.2. The van der Waals surface area contributed by atoms with Crippen LogP contribution in [0, 0.1) is 0 Å². The van der Waals surface area contributed by atoms with Crippen LogP contribution in [0.25, 0.3) is 33.1 Å². The number of benzene rings is 2. The fourth-order valence-corrected chi connectivity index (χ4v) is 2.52. The van der Waals surface area contributed by atoms with E-state index >= 15 is 0 Å². The fraction of sp³-hybridized carbons (Fsp3) is 0. The Morgan fingerprint density at radius 2 is 1.62 bits per heavy atom. The number of aromatic nitrogens is 3. The minimum absolute atomic E-state index is 0.136. The van der Waals surface area contributed by atoms with Gasteiger partial charge < -0.3 is 4.98 Å². The van der Waals surface area contributed by atoms with Crippen LogP contribution in [-0.2, 0) is 0 Å². The van der Waals surface area contributed by atoms with Gasteiger partial charge in [-0.15, -0.1) is 0 Å². The van der Waals surface area contributed by atoms with E-state index in [0.717, 1.165) is 16.3 Å². The molecule has 0 saturated heterocycles. The van der Waals surface area contributed by atoms with E-state index < -0.39 is 0 Å². The highest BCUT2D eigenvalue weighted by Crippen LogP contribution is 2.24. The summed E-state index contributed by atoms with van der Waals surface area (Å²) in [6.07, 6.45) is 3.54. The largest absolute Gasteiger partial charge is 0.306 e. The Labute approximate surface area is 120 Å². The van der Waals surface area contributed by atoms with Gasteiger partial charge in [0.25, 0.3) is 5.56 Å². The second kappa shape index (κ2) is 4.52. The lowest BCUT2D eigenvalue weighted by Gasteiger charge is -2.06. The van der Waals surface area contributed by atoms with Gasteiger partial charge in [0, 0.05) is 23.3 Å². The third-order valence-corrected chi connectivity index (χ3v) is 3.54. The van der Waals surface area contributed by atoms with E-state index in [1.54, 1.807) is 18.5 Å². The van der Waals surface area contributed by atoms with Crippen molar-refractivity contribution in [2.45, 2.75) is 0 Å². The minimum atomic E-state index is -0.136. The van der Waals surface area contributed by atoms with Crippen LogP contribution in [0.4, 0.5) is 0 Å². The van der Waals surface area contributed by atoms with E-state index in [0.29, 0.717) is 16.7 Å². The molecule has 4 nitrogen and oxygen atoms in total. The zero-order chi connectivity index (χ0) is 14.2. The molecule has 4 rings (SSSR count). The first-order chi connectivity index (χ1) is 10.3. The number of para-hydroxylation sites is 1. The van der Waals surface area contributed by atoms with Crippen LogP contribution >= 0.6 is 0 Å². The van der Waals surface area contributed by atoms with E-state index in [1.165, 1.54) is 0 Å². The first-order valence-corrected chi connectivity index (χ1v) is 6.65. The summed E-state index contributed by atoms with van der Waals surface area (Å²) < 4.78 is 0. The maximum absolute atomic E-state index is 12.2. The Bertz CT molecular complexity index is 1020. The molecule has 0 aliphatic heterocycles. The van der Waals surface area contributed by atoms with Gasteiger partial charge in [-0.2, -0.15) is 0 Å². The number of aromatic amines is 1.